The van der Waals surface area contributed by atoms with Crippen molar-refractivity contribution in [1.29, 1.82) is 0 Å². The van der Waals surface area contributed by atoms with Gasteiger partial charge in [-0.05, 0) is 38.0 Å². The van der Waals surface area contributed by atoms with E-state index in [0.29, 0.717) is 29.9 Å². The van der Waals surface area contributed by atoms with Gasteiger partial charge in [-0.1, -0.05) is 18.2 Å². The Bertz CT molecular complexity index is 730. The number of furan rings is 1. The highest BCUT2D eigenvalue weighted by Crippen LogP contribution is 2.28. The summed E-state index contributed by atoms with van der Waals surface area (Å²) in [5, 5.41) is 0. The van der Waals surface area contributed by atoms with Gasteiger partial charge in [0.15, 0.2) is 5.78 Å². The molecule has 114 valence electrons. The molecule has 0 radical (unpaired) electrons. The SMILES string of the molecule is CC(=O)c1cc(CCC(=O)N2CCc3ccccc32)oc1C. The average Bonchev–Trinajstić information content (AvgIpc) is 3.08. The minimum absolute atomic E-state index is 0.00713. The molecule has 0 saturated heterocycles. The van der Waals surface area contributed by atoms with E-state index in [4.69, 9.17) is 4.42 Å². The summed E-state index contributed by atoms with van der Waals surface area (Å²) < 4.78 is 5.57. The summed E-state index contributed by atoms with van der Waals surface area (Å²) in [5.74, 6) is 1.42. The third-order valence-corrected chi connectivity index (χ3v) is 4.12. The van der Waals surface area contributed by atoms with Crippen molar-refractivity contribution >= 4 is 17.4 Å². The zero-order valence-electron chi connectivity index (χ0n) is 12.9. The Kier molecular flexibility index (Phi) is 3.84. The lowest BCUT2D eigenvalue weighted by atomic mass is 10.1. The zero-order valence-corrected chi connectivity index (χ0v) is 12.9. The first-order chi connectivity index (χ1) is 10.6. The number of amides is 1. The predicted octanol–water partition coefficient (Wildman–Crippen LogP) is 3.31. The molecule has 1 aliphatic rings. The van der Waals surface area contributed by atoms with Crippen LogP contribution in [0.15, 0.2) is 34.7 Å². The molecule has 0 aliphatic carbocycles. The highest BCUT2D eigenvalue weighted by atomic mass is 16.3. The third kappa shape index (κ3) is 2.69. The highest BCUT2D eigenvalue weighted by Gasteiger charge is 2.24. The van der Waals surface area contributed by atoms with Gasteiger partial charge in [-0.15, -0.1) is 0 Å². The van der Waals surface area contributed by atoms with Gasteiger partial charge in [-0.25, -0.2) is 0 Å². The number of para-hydroxylation sites is 1. The Morgan fingerprint density at radius 2 is 2.05 bits per heavy atom. The summed E-state index contributed by atoms with van der Waals surface area (Å²) in [6.07, 6.45) is 1.82. The molecule has 0 saturated carbocycles. The summed E-state index contributed by atoms with van der Waals surface area (Å²) in [5.41, 5.74) is 2.85. The van der Waals surface area contributed by atoms with Crippen LogP contribution in [0.5, 0.6) is 0 Å². The van der Waals surface area contributed by atoms with Crippen molar-refractivity contribution in [3.63, 3.8) is 0 Å². The van der Waals surface area contributed by atoms with Crippen LogP contribution >= 0.6 is 0 Å². The first-order valence-corrected chi connectivity index (χ1v) is 7.55. The number of fused-ring (bicyclic) bond motifs is 1. The number of rotatable bonds is 4. The maximum Gasteiger partial charge on any atom is 0.227 e. The van der Waals surface area contributed by atoms with Crippen molar-refractivity contribution in [2.75, 3.05) is 11.4 Å². The number of hydrogen-bond donors (Lipinski definition) is 0. The Morgan fingerprint density at radius 3 is 2.77 bits per heavy atom. The molecule has 1 aliphatic heterocycles. The second kappa shape index (κ2) is 5.79. The van der Waals surface area contributed by atoms with Gasteiger partial charge in [0.2, 0.25) is 5.91 Å². The average molecular weight is 297 g/mol. The van der Waals surface area contributed by atoms with E-state index >= 15 is 0 Å². The lowest BCUT2D eigenvalue weighted by molar-refractivity contribution is -0.118. The molecular weight excluding hydrogens is 278 g/mol. The molecule has 22 heavy (non-hydrogen) atoms. The van der Waals surface area contributed by atoms with E-state index in [9.17, 15) is 9.59 Å². The number of carbonyl (C=O) groups is 2. The molecule has 0 atom stereocenters. The quantitative estimate of drug-likeness (QED) is 0.813. The van der Waals surface area contributed by atoms with Crippen LogP contribution in [-0.2, 0) is 17.6 Å². The monoisotopic (exact) mass is 297 g/mol. The third-order valence-electron chi connectivity index (χ3n) is 4.12. The topological polar surface area (TPSA) is 50.5 Å². The van der Waals surface area contributed by atoms with E-state index in [1.807, 2.05) is 23.1 Å². The lowest BCUT2D eigenvalue weighted by Gasteiger charge is -2.16. The van der Waals surface area contributed by atoms with Crippen LogP contribution in [0.4, 0.5) is 5.69 Å². The molecule has 4 heteroatoms. The molecule has 0 spiro atoms. The summed E-state index contributed by atoms with van der Waals surface area (Å²) in [6.45, 7) is 4.04. The van der Waals surface area contributed by atoms with Gasteiger partial charge >= 0.3 is 0 Å². The smallest absolute Gasteiger partial charge is 0.227 e. The fourth-order valence-electron chi connectivity index (χ4n) is 2.98. The van der Waals surface area contributed by atoms with Crippen LogP contribution in [0, 0.1) is 6.92 Å². The van der Waals surface area contributed by atoms with Crippen molar-refractivity contribution in [2.24, 2.45) is 0 Å². The largest absolute Gasteiger partial charge is 0.466 e. The molecule has 1 amide bonds. The molecule has 4 nitrogen and oxygen atoms in total. The van der Waals surface area contributed by atoms with Gasteiger partial charge in [0.05, 0.1) is 5.56 Å². The molecule has 2 heterocycles. The van der Waals surface area contributed by atoms with Gasteiger partial charge in [0, 0.05) is 25.1 Å². The maximum atomic E-state index is 12.4. The van der Waals surface area contributed by atoms with Crippen molar-refractivity contribution in [3.8, 4) is 0 Å². The van der Waals surface area contributed by atoms with Crippen LogP contribution in [0.3, 0.4) is 0 Å². The van der Waals surface area contributed by atoms with E-state index < -0.39 is 0 Å². The van der Waals surface area contributed by atoms with Crippen molar-refractivity contribution in [3.05, 3.63) is 53.0 Å². The number of aryl methyl sites for hydroxylation is 2. The van der Waals surface area contributed by atoms with Gasteiger partial charge in [0.1, 0.15) is 11.5 Å². The lowest BCUT2D eigenvalue weighted by Crippen LogP contribution is -2.28. The summed E-state index contributed by atoms with van der Waals surface area (Å²) >= 11 is 0. The number of anilines is 1. The Labute approximate surface area is 129 Å². The van der Waals surface area contributed by atoms with Crippen molar-refractivity contribution < 1.29 is 14.0 Å². The Hall–Kier alpha value is -2.36. The summed E-state index contributed by atoms with van der Waals surface area (Å²) in [7, 11) is 0. The van der Waals surface area contributed by atoms with E-state index in [-0.39, 0.29) is 11.7 Å². The molecule has 0 unspecified atom stereocenters. The number of nitrogens with zero attached hydrogens (tertiary/aromatic N) is 1. The molecule has 0 N–H and O–H groups in total. The fraction of sp³-hybridized carbons (Fsp3) is 0.333. The molecular formula is C18H19NO3. The van der Waals surface area contributed by atoms with Crippen LogP contribution in [0.25, 0.3) is 0 Å². The predicted molar refractivity (Wildman–Crippen MR) is 84.3 cm³/mol. The first kappa shape index (κ1) is 14.6. The van der Waals surface area contributed by atoms with E-state index in [1.165, 1.54) is 12.5 Å². The van der Waals surface area contributed by atoms with Crippen LogP contribution in [0.1, 0.15) is 40.8 Å². The van der Waals surface area contributed by atoms with Gasteiger partial charge in [-0.3, -0.25) is 9.59 Å². The first-order valence-electron chi connectivity index (χ1n) is 7.55. The minimum atomic E-state index is -0.00713. The molecule has 1 aromatic heterocycles. The molecule has 0 fully saturated rings. The van der Waals surface area contributed by atoms with Crippen molar-refractivity contribution in [1.82, 2.24) is 0 Å². The van der Waals surface area contributed by atoms with Crippen LogP contribution < -0.4 is 4.90 Å². The Morgan fingerprint density at radius 1 is 1.27 bits per heavy atom. The molecule has 3 rings (SSSR count). The minimum Gasteiger partial charge on any atom is -0.466 e. The van der Waals surface area contributed by atoms with E-state index in [0.717, 1.165) is 18.7 Å². The second-order valence-electron chi connectivity index (χ2n) is 5.66. The van der Waals surface area contributed by atoms with Gasteiger partial charge < -0.3 is 9.32 Å². The molecule has 1 aromatic carbocycles. The number of carbonyl (C=O) groups excluding carboxylic acids is 2. The number of benzene rings is 1. The summed E-state index contributed by atoms with van der Waals surface area (Å²) in [6, 6.07) is 9.77. The number of ketones is 1. The van der Waals surface area contributed by atoms with Crippen molar-refractivity contribution in [2.45, 2.75) is 33.1 Å². The standard InChI is InChI=1S/C18H19NO3/c1-12(20)16-11-15(22-13(16)2)7-8-18(21)19-10-9-14-5-3-4-6-17(14)19/h3-6,11H,7-10H2,1-2H3. The normalized spacial score (nSPS) is 13.3. The zero-order chi connectivity index (χ0) is 15.7. The highest BCUT2D eigenvalue weighted by molar-refractivity contribution is 5.96. The number of Topliss-reactive ketones (excluding diaryl/α,β-unsaturated/α-hetero) is 1. The van der Waals surface area contributed by atoms with E-state index in [1.54, 1.807) is 13.0 Å². The summed E-state index contributed by atoms with van der Waals surface area (Å²) in [4.78, 5) is 25.7. The maximum absolute atomic E-state index is 12.4. The van der Waals surface area contributed by atoms with E-state index in [2.05, 4.69) is 6.07 Å². The van der Waals surface area contributed by atoms with Gasteiger partial charge in [-0.2, -0.15) is 0 Å². The fourth-order valence-corrected chi connectivity index (χ4v) is 2.98. The molecule has 2 aromatic rings. The van der Waals surface area contributed by atoms with Gasteiger partial charge in [0.25, 0.3) is 0 Å². The van der Waals surface area contributed by atoms with Crippen LogP contribution in [0.2, 0.25) is 0 Å². The molecule has 0 bridgehead atoms. The second-order valence-corrected chi connectivity index (χ2v) is 5.66. The Balaban J connectivity index is 1.66. The number of hydrogen-bond acceptors (Lipinski definition) is 3. The van der Waals surface area contributed by atoms with Crippen LogP contribution in [-0.4, -0.2) is 18.2 Å².